The first-order valence-corrected chi connectivity index (χ1v) is 8.73. The van der Waals surface area contributed by atoms with Gasteiger partial charge in [-0.25, -0.2) is 4.79 Å². The summed E-state index contributed by atoms with van der Waals surface area (Å²) in [5.74, 6) is 0.284. The second-order valence-corrected chi connectivity index (χ2v) is 6.76. The zero-order valence-electron chi connectivity index (χ0n) is 15.4. The van der Waals surface area contributed by atoms with E-state index in [1.807, 2.05) is 6.08 Å². The van der Waals surface area contributed by atoms with E-state index in [9.17, 15) is 4.79 Å². The number of carbonyl (C=O) groups is 1. The third-order valence-corrected chi connectivity index (χ3v) is 4.43. The largest absolute Gasteiger partial charge is 0.466 e. The van der Waals surface area contributed by atoms with Crippen LogP contribution in [-0.2, 0) is 9.53 Å². The Balaban J connectivity index is 3.07. The maximum absolute atomic E-state index is 12.0. The minimum absolute atomic E-state index is 0.210. The highest BCUT2D eigenvalue weighted by Crippen LogP contribution is 2.22. The Bertz CT molecular complexity index is 516. The molecule has 0 spiro atoms. The van der Waals surface area contributed by atoms with E-state index in [-0.39, 0.29) is 5.97 Å². The van der Waals surface area contributed by atoms with Crippen molar-refractivity contribution in [1.29, 1.82) is 0 Å². The summed E-state index contributed by atoms with van der Waals surface area (Å²) in [6.45, 7) is 8.82. The highest BCUT2D eigenvalue weighted by Gasteiger charge is 2.09. The molecule has 1 aliphatic carbocycles. The summed E-state index contributed by atoms with van der Waals surface area (Å²) < 4.78 is 4.93. The number of allylic oxidation sites excluding steroid dienone is 7. The fourth-order valence-corrected chi connectivity index (χ4v) is 2.72. The molecule has 0 atom stereocenters. The molecular formula is C21H32O2. The molecule has 1 rings (SSSR count). The van der Waals surface area contributed by atoms with Crippen molar-refractivity contribution in [2.45, 2.75) is 66.2 Å². The van der Waals surface area contributed by atoms with Crippen molar-refractivity contribution in [2.24, 2.45) is 5.92 Å². The van der Waals surface area contributed by atoms with Crippen molar-refractivity contribution in [3.63, 3.8) is 0 Å². The van der Waals surface area contributed by atoms with Gasteiger partial charge >= 0.3 is 5.97 Å². The summed E-state index contributed by atoms with van der Waals surface area (Å²) in [5.41, 5.74) is 5.01. The highest BCUT2D eigenvalue weighted by atomic mass is 16.5. The zero-order valence-corrected chi connectivity index (χ0v) is 15.4. The number of carbonyl (C=O) groups excluding carboxylic acids is 1. The summed E-state index contributed by atoms with van der Waals surface area (Å²) in [6, 6.07) is 0. The van der Waals surface area contributed by atoms with Crippen LogP contribution in [0.4, 0.5) is 0 Å². The summed E-state index contributed by atoms with van der Waals surface area (Å²) >= 11 is 0. The van der Waals surface area contributed by atoms with Crippen molar-refractivity contribution in [2.75, 3.05) is 7.11 Å². The molecule has 0 saturated carbocycles. The molecule has 2 heteroatoms. The lowest BCUT2D eigenvalue weighted by atomic mass is 9.94. The first-order valence-electron chi connectivity index (χ1n) is 8.73. The van der Waals surface area contributed by atoms with Crippen LogP contribution in [0.3, 0.4) is 0 Å². The maximum Gasteiger partial charge on any atom is 0.333 e. The minimum atomic E-state index is -0.210. The Hall–Kier alpha value is -1.57. The second kappa shape index (κ2) is 10.3. The van der Waals surface area contributed by atoms with Crippen molar-refractivity contribution in [3.8, 4) is 0 Å². The molecule has 0 heterocycles. The first kappa shape index (κ1) is 19.5. The SMILES string of the molecule is COC(=O)C1=CC=C(C(C)C)CCC(C)=CCCC(C)=CCC1. The molecule has 0 aromatic heterocycles. The van der Waals surface area contributed by atoms with Crippen molar-refractivity contribution in [3.05, 3.63) is 46.6 Å². The van der Waals surface area contributed by atoms with Gasteiger partial charge in [0, 0.05) is 5.57 Å². The standard InChI is InChI=1S/C21H32O2/c1-16(2)19-13-12-18(4)9-6-8-17(3)10-7-11-20(15-14-19)21(22)23-5/h9-10,14-16H,6-8,11-13H2,1-5H3. The third kappa shape index (κ3) is 7.49. The van der Waals surface area contributed by atoms with Gasteiger partial charge in [0.15, 0.2) is 0 Å². The van der Waals surface area contributed by atoms with Gasteiger partial charge in [-0.3, -0.25) is 0 Å². The summed E-state index contributed by atoms with van der Waals surface area (Å²) in [6.07, 6.45) is 14.7. The molecule has 0 aliphatic heterocycles. The van der Waals surface area contributed by atoms with Gasteiger partial charge in [-0.1, -0.05) is 54.9 Å². The van der Waals surface area contributed by atoms with Crippen LogP contribution in [0.2, 0.25) is 0 Å². The van der Waals surface area contributed by atoms with Crippen LogP contribution in [0.15, 0.2) is 46.6 Å². The van der Waals surface area contributed by atoms with Crippen LogP contribution in [0, 0.1) is 5.92 Å². The average Bonchev–Trinajstić information content (AvgIpc) is 2.51. The van der Waals surface area contributed by atoms with E-state index in [1.54, 1.807) is 0 Å². The molecule has 0 saturated heterocycles. The summed E-state index contributed by atoms with van der Waals surface area (Å²) in [7, 11) is 1.46. The summed E-state index contributed by atoms with van der Waals surface area (Å²) in [4.78, 5) is 12.0. The molecule has 0 fully saturated rings. The number of hydrogen-bond acceptors (Lipinski definition) is 2. The van der Waals surface area contributed by atoms with Crippen LogP contribution < -0.4 is 0 Å². The highest BCUT2D eigenvalue weighted by molar-refractivity contribution is 5.88. The molecule has 128 valence electrons. The average molecular weight is 316 g/mol. The van der Waals surface area contributed by atoms with Gasteiger partial charge < -0.3 is 4.74 Å². The number of ether oxygens (including phenoxy) is 1. The Morgan fingerprint density at radius 2 is 1.57 bits per heavy atom. The van der Waals surface area contributed by atoms with Gasteiger partial charge in [0.2, 0.25) is 0 Å². The molecule has 0 amide bonds. The zero-order chi connectivity index (χ0) is 17.2. The van der Waals surface area contributed by atoms with Gasteiger partial charge in [0.1, 0.15) is 0 Å². The van der Waals surface area contributed by atoms with Gasteiger partial charge in [-0.15, -0.1) is 0 Å². The molecular weight excluding hydrogens is 284 g/mol. The van der Waals surface area contributed by atoms with E-state index in [2.05, 4.69) is 45.9 Å². The van der Waals surface area contributed by atoms with E-state index >= 15 is 0 Å². The van der Waals surface area contributed by atoms with Crippen molar-refractivity contribution < 1.29 is 9.53 Å². The lowest BCUT2D eigenvalue weighted by Crippen LogP contribution is -2.05. The van der Waals surface area contributed by atoms with Gasteiger partial charge in [-0.2, -0.15) is 0 Å². The quantitative estimate of drug-likeness (QED) is 0.467. The topological polar surface area (TPSA) is 26.3 Å². The molecule has 0 aromatic carbocycles. The predicted octanol–water partition coefficient (Wildman–Crippen LogP) is 5.92. The Morgan fingerprint density at radius 3 is 2.17 bits per heavy atom. The number of methoxy groups -OCH3 is 1. The van der Waals surface area contributed by atoms with E-state index in [1.165, 1.54) is 23.8 Å². The molecule has 23 heavy (non-hydrogen) atoms. The van der Waals surface area contributed by atoms with Crippen molar-refractivity contribution >= 4 is 5.97 Å². The Labute approximate surface area is 142 Å². The first-order chi connectivity index (χ1) is 10.9. The van der Waals surface area contributed by atoms with Crippen molar-refractivity contribution in [1.82, 2.24) is 0 Å². The van der Waals surface area contributed by atoms with Crippen LogP contribution in [0.5, 0.6) is 0 Å². The Kier molecular flexibility index (Phi) is 8.68. The molecule has 0 radical (unpaired) electrons. The smallest absolute Gasteiger partial charge is 0.333 e. The van der Waals surface area contributed by atoms with Crippen LogP contribution in [-0.4, -0.2) is 13.1 Å². The Morgan fingerprint density at radius 1 is 0.957 bits per heavy atom. The lowest BCUT2D eigenvalue weighted by Gasteiger charge is -2.12. The van der Waals surface area contributed by atoms with E-state index in [0.717, 1.165) is 44.1 Å². The molecule has 2 nitrogen and oxygen atoms in total. The maximum atomic E-state index is 12.0. The molecule has 0 bridgehead atoms. The van der Waals surface area contributed by atoms with Crippen LogP contribution in [0.1, 0.15) is 66.2 Å². The van der Waals surface area contributed by atoms with E-state index < -0.39 is 0 Å². The summed E-state index contributed by atoms with van der Waals surface area (Å²) in [5, 5.41) is 0. The molecule has 0 N–H and O–H groups in total. The fraction of sp³-hybridized carbons (Fsp3) is 0.571. The normalized spacial score (nSPS) is 18.3. The molecule has 0 aromatic rings. The van der Waals surface area contributed by atoms with E-state index in [0.29, 0.717) is 5.92 Å². The van der Waals surface area contributed by atoms with Crippen LogP contribution in [0.25, 0.3) is 0 Å². The lowest BCUT2D eigenvalue weighted by molar-refractivity contribution is -0.136. The molecule has 1 aliphatic rings. The molecule has 0 unspecified atom stereocenters. The number of rotatable bonds is 2. The van der Waals surface area contributed by atoms with Gasteiger partial charge in [-0.05, 0) is 58.3 Å². The number of hydrogen-bond donors (Lipinski definition) is 0. The predicted molar refractivity (Wildman–Crippen MR) is 98.2 cm³/mol. The van der Waals surface area contributed by atoms with Gasteiger partial charge in [0.05, 0.1) is 7.11 Å². The minimum Gasteiger partial charge on any atom is -0.466 e. The third-order valence-electron chi connectivity index (χ3n) is 4.43. The van der Waals surface area contributed by atoms with Crippen LogP contribution >= 0.6 is 0 Å². The fourth-order valence-electron chi connectivity index (χ4n) is 2.72. The second-order valence-electron chi connectivity index (χ2n) is 6.76. The monoisotopic (exact) mass is 316 g/mol. The number of esters is 1. The van der Waals surface area contributed by atoms with Gasteiger partial charge in [0.25, 0.3) is 0 Å². The van der Waals surface area contributed by atoms with E-state index in [4.69, 9.17) is 4.74 Å².